The van der Waals surface area contributed by atoms with Crippen LogP contribution in [0.5, 0.6) is 0 Å². The molecule has 0 aromatic carbocycles. The second-order valence-electron chi connectivity index (χ2n) is 3.69. The number of alkyl halides is 1. The van der Waals surface area contributed by atoms with E-state index in [1.807, 2.05) is 0 Å². The van der Waals surface area contributed by atoms with Crippen LogP contribution in [0.1, 0.15) is 32.1 Å². The Labute approximate surface area is 92.3 Å². The normalized spacial score (nSPS) is 28.3. The van der Waals surface area contributed by atoms with Crippen LogP contribution in [-0.4, -0.2) is 24.2 Å². The van der Waals surface area contributed by atoms with Crippen molar-refractivity contribution in [1.29, 1.82) is 0 Å². The van der Waals surface area contributed by atoms with Crippen LogP contribution in [0.3, 0.4) is 0 Å². The number of hydrogen-bond acceptors (Lipinski definition) is 3. The average molecular weight is 263 g/mol. The number of halogens is 1. The molecule has 1 rings (SSSR count). The van der Waals surface area contributed by atoms with Crippen molar-refractivity contribution < 1.29 is 14.3 Å². The summed E-state index contributed by atoms with van der Waals surface area (Å²) in [5.41, 5.74) is -0.911. The van der Waals surface area contributed by atoms with Crippen molar-refractivity contribution >= 4 is 27.7 Å². The van der Waals surface area contributed by atoms with E-state index in [4.69, 9.17) is 4.74 Å². The van der Waals surface area contributed by atoms with Crippen LogP contribution >= 0.6 is 15.9 Å². The Morgan fingerprint density at radius 3 is 2.79 bits per heavy atom. The third kappa shape index (κ3) is 2.00. The smallest absolute Gasteiger partial charge is 0.320 e. The van der Waals surface area contributed by atoms with Crippen LogP contribution in [0.15, 0.2) is 0 Å². The molecule has 0 spiro atoms. The van der Waals surface area contributed by atoms with Gasteiger partial charge in [0.25, 0.3) is 0 Å². The lowest BCUT2D eigenvalue weighted by atomic mass is 9.81. The summed E-state index contributed by atoms with van der Waals surface area (Å²) in [6.07, 6.45) is 3.96. The van der Waals surface area contributed by atoms with Crippen molar-refractivity contribution in [3.05, 3.63) is 0 Å². The van der Waals surface area contributed by atoms with Gasteiger partial charge in [0.2, 0.25) is 0 Å². The van der Waals surface area contributed by atoms with Crippen molar-refractivity contribution in [2.24, 2.45) is 5.41 Å². The fraction of sp³-hybridized carbons (Fsp3) is 0.800. The van der Waals surface area contributed by atoms with E-state index in [1.54, 1.807) is 0 Å². The number of Topliss-reactive ketones (excluding diaryl/α,β-unsaturated/α-hetero) is 1. The molecule has 1 atom stereocenters. The summed E-state index contributed by atoms with van der Waals surface area (Å²) in [4.78, 5) is 23.4. The highest BCUT2D eigenvalue weighted by Gasteiger charge is 2.45. The molecular weight excluding hydrogens is 248 g/mol. The molecular formula is C10H15BrO3. The molecule has 0 aliphatic heterocycles. The third-order valence-corrected chi connectivity index (χ3v) is 3.80. The molecule has 1 fully saturated rings. The minimum atomic E-state index is -0.911. The number of carbonyl (C=O) groups excluding carboxylic acids is 2. The molecule has 1 aliphatic carbocycles. The summed E-state index contributed by atoms with van der Waals surface area (Å²) >= 11 is 3.26. The van der Waals surface area contributed by atoms with E-state index >= 15 is 0 Å². The van der Waals surface area contributed by atoms with Gasteiger partial charge in [-0.2, -0.15) is 0 Å². The Balaban J connectivity index is 2.92. The first-order valence-corrected chi connectivity index (χ1v) is 5.97. The zero-order valence-electron chi connectivity index (χ0n) is 8.35. The molecule has 1 unspecified atom stereocenters. The third-order valence-electron chi connectivity index (χ3n) is 2.85. The minimum Gasteiger partial charge on any atom is -0.468 e. The second-order valence-corrected chi connectivity index (χ2v) is 4.25. The van der Waals surface area contributed by atoms with Crippen LogP contribution in [0.25, 0.3) is 0 Å². The lowest BCUT2D eigenvalue weighted by molar-refractivity contribution is -0.156. The molecule has 3 nitrogen and oxygen atoms in total. The molecule has 4 heteroatoms. The van der Waals surface area contributed by atoms with E-state index in [1.165, 1.54) is 7.11 Å². The number of ether oxygens (including phenoxy) is 1. The summed E-state index contributed by atoms with van der Waals surface area (Å²) < 4.78 is 4.72. The molecule has 0 heterocycles. The van der Waals surface area contributed by atoms with Crippen molar-refractivity contribution in [3.8, 4) is 0 Å². The summed E-state index contributed by atoms with van der Waals surface area (Å²) in [5.74, 6) is -0.361. The monoisotopic (exact) mass is 262 g/mol. The van der Waals surface area contributed by atoms with Gasteiger partial charge in [-0.3, -0.25) is 9.59 Å². The molecule has 80 valence electrons. The first-order chi connectivity index (χ1) is 6.67. The summed E-state index contributed by atoms with van der Waals surface area (Å²) in [6.45, 7) is 0. The second kappa shape index (κ2) is 4.91. The zero-order valence-corrected chi connectivity index (χ0v) is 9.93. The minimum absolute atomic E-state index is 0.0266. The Morgan fingerprint density at radius 1 is 1.50 bits per heavy atom. The van der Waals surface area contributed by atoms with Crippen molar-refractivity contribution in [1.82, 2.24) is 0 Å². The number of carbonyl (C=O) groups is 2. The Hall–Kier alpha value is -0.380. The highest BCUT2D eigenvalue weighted by Crippen LogP contribution is 2.35. The SMILES string of the molecule is COC(=O)C1(CBr)CCCCCC1=O. The summed E-state index contributed by atoms with van der Waals surface area (Å²) in [5, 5.41) is 0.380. The van der Waals surface area contributed by atoms with Gasteiger partial charge in [-0.25, -0.2) is 0 Å². The Bertz CT molecular complexity index is 240. The molecule has 0 bridgehead atoms. The van der Waals surface area contributed by atoms with Gasteiger partial charge < -0.3 is 4.74 Å². The van der Waals surface area contributed by atoms with E-state index in [0.29, 0.717) is 18.2 Å². The topological polar surface area (TPSA) is 43.4 Å². The fourth-order valence-corrected chi connectivity index (χ4v) is 2.70. The number of ketones is 1. The van der Waals surface area contributed by atoms with Gasteiger partial charge in [0.1, 0.15) is 5.41 Å². The molecule has 0 amide bonds. The molecule has 0 aromatic heterocycles. The molecule has 0 radical (unpaired) electrons. The van der Waals surface area contributed by atoms with E-state index in [9.17, 15) is 9.59 Å². The van der Waals surface area contributed by atoms with Crippen molar-refractivity contribution in [2.45, 2.75) is 32.1 Å². The number of methoxy groups -OCH3 is 1. The lowest BCUT2D eigenvalue weighted by Gasteiger charge is -2.25. The van der Waals surface area contributed by atoms with Crippen LogP contribution in [-0.2, 0) is 14.3 Å². The van der Waals surface area contributed by atoms with Gasteiger partial charge in [0, 0.05) is 11.8 Å². The van der Waals surface area contributed by atoms with Crippen LogP contribution in [0, 0.1) is 5.41 Å². The first-order valence-electron chi connectivity index (χ1n) is 4.85. The first kappa shape index (κ1) is 11.7. The number of esters is 1. The molecule has 0 aromatic rings. The number of rotatable bonds is 2. The van der Waals surface area contributed by atoms with E-state index < -0.39 is 5.41 Å². The van der Waals surface area contributed by atoms with Gasteiger partial charge in [-0.05, 0) is 12.8 Å². The van der Waals surface area contributed by atoms with E-state index in [0.717, 1.165) is 19.3 Å². The maximum absolute atomic E-state index is 11.8. The molecule has 14 heavy (non-hydrogen) atoms. The maximum Gasteiger partial charge on any atom is 0.320 e. The highest BCUT2D eigenvalue weighted by molar-refractivity contribution is 9.09. The van der Waals surface area contributed by atoms with Gasteiger partial charge in [0.05, 0.1) is 7.11 Å². The van der Waals surface area contributed by atoms with E-state index in [-0.39, 0.29) is 11.8 Å². The molecule has 1 aliphatic rings. The van der Waals surface area contributed by atoms with Gasteiger partial charge in [0.15, 0.2) is 5.78 Å². The Kier molecular flexibility index (Phi) is 4.11. The van der Waals surface area contributed by atoms with E-state index in [2.05, 4.69) is 15.9 Å². The van der Waals surface area contributed by atoms with Gasteiger partial charge in [-0.15, -0.1) is 0 Å². The van der Waals surface area contributed by atoms with Gasteiger partial charge >= 0.3 is 5.97 Å². The fourth-order valence-electron chi connectivity index (χ4n) is 1.87. The van der Waals surface area contributed by atoms with Crippen molar-refractivity contribution in [3.63, 3.8) is 0 Å². The largest absolute Gasteiger partial charge is 0.468 e. The standard InChI is InChI=1S/C10H15BrO3/c1-14-9(13)10(7-11)6-4-2-3-5-8(10)12/h2-7H2,1H3. The van der Waals surface area contributed by atoms with Crippen LogP contribution in [0.4, 0.5) is 0 Å². The number of hydrogen-bond donors (Lipinski definition) is 0. The average Bonchev–Trinajstić information content (AvgIpc) is 2.40. The predicted octanol–water partition coefficient (Wildman–Crippen LogP) is 2.07. The predicted molar refractivity (Wildman–Crippen MR) is 56.3 cm³/mol. The summed E-state index contributed by atoms with van der Waals surface area (Å²) in [6, 6.07) is 0. The van der Waals surface area contributed by atoms with Crippen LogP contribution in [0.2, 0.25) is 0 Å². The highest BCUT2D eigenvalue weighted by atomic mass is 79.9. The molecule has 1 saturated carbocycles. The zero-order chi connectivity index (χ0) is 10.6. The lowest BCUT2D eigenvalue weighted by Crippen LogP contribution is -2.41. The van der Waals surface area contributed by atoms with Crippen LogP contribution < -0.4 is 0 Å². The quantitative estimate of drug-likeness (QED) is 0.331. The summed E-state index contributed by atoms with van der Waals surface area (Å²) in [7, 11) is 1.34. The Morgan fingerprint density at radius 2 is 2.21 bits per heavy atom. The molecule has 0 N–H and O–H groups in total. The molecule has 0 saturated heterocycles. The van der Waals surface area contributed by atoms with Gasteiger partial charge in [-0.1, -0.05) is 28.8 Å². The van der Waals surface area contributed by atoms with Crippen molar-refractivity contribution in [2.75, 3.05) is 12.4 Å². The maximum atomic E-state index is 11.8.